The molecule has 1 heterocycles. The molecule has 0 amide bonds. The minimum atomic E-state index is -4.73. The molecule has 1 aromatic rings. The largest absolute Gasteiger partial charge is 0.573 e. The van der Waals surface area contributed by atoms with E-state index >= 15 is 0 Å². The van der Waals surface area contributed by atoms with Gasteiger partial charge in [0, 0.05) is 25.6 Å². The molecule has 8 heteroatoms. The molecular weight excluding hydrogens is 395 g/mol. The first-order chi connectivity index (χ1) is 13.2. The number of hydrogen-bond donors (Lipinski definition) is 1. The lowest BCUT2D eigenvalue weighted by atomic mass is 9.65. The lowest BCUT2D eigenvalue weighted by Crippen LogP contribution is -2.42. The molecule has 1 spiro atoms. The van der Waals surface area contributed by atoms with E-state index in [2.05, 4.69) is 4.74 Å². The average molecular weight is 420 g/mol. The van der Waals surface area contributed by atoms with Crippen molar-refractivity contribution in [2.45, 2.75) is 57.7 Å². The molecule has 4 nitrogen and oxygen atoms in total. The van der Waals surface area contributed by atoms with Crippen molar-refractivity contribution in [3.63, 3.8) is 0 Å². The fourth-order valence-corrected chi connectivity index (χ4v) is 4.80. The van der Waals surface area contributed by atoms with Crippen LogP contribution in [-0.4, -0.2) is 30.5 Å². The third-order valence-electron chi connectivity index (χ3n) is 6.25. The van der Waals surface area contributed by atoms with E-state index in [4.69, 9.17) is 16.7 Å². The number of rotatable bonds is 5. The maximum atomic E-state index is 12.5. The fourth-order valence-electron chi connectivity index (χ4n) is 4.56. The van der Waals surface area contributed by atoms with Gasteiger partial charge in [-0.1, -0.05) is 11.6 Å². The van der Waals surface area contributed by atoms with Crippen molar-refractivity contribution in [1.82, 2.24) is 0 Å². The SMILES string of the molecule is O=C(O)CCC1CCC2(CC1)CCN(c1cc(OC(F)(F)F)ccc1Cl)CC2. The van der Waals surface area contributed by atoms with Gasteiger partial charge in [0.1, 0.15) is 5.75 Å². The zero-order valence-corrected chi connectivity index (χ0v) is 16.4. The van der Waals surface area contributed by atoms with Crippen LogP contribution in [0.4, 0.5) is 18.9 Å². The quantitative estimate of drug-likeness (QED) is 0.647. The second-order valence-electron chi connectivity index (χ2n) is 8.02. The Morgan fingerprint density at radius 1 is 1.21 bits per heavy atom. The van der Waals surface area contributed by atoms with Crippen LogP contribution in [0.2, 0.25) is 5.02 Å². The summed E-state index contributed by atoms with van der Waals surface area (Å²) in [7, 11) is 0. The molecular formula is C20H25ClF3NO3. The standard InChI is InChI=1S/C20H25ClF3NO3/c21-16-3-2-15(28-20(22,23)24)13-17(16)25-11-9-19(10-12-25)7-5-14(6-8-19)1-4-18(26)27/h2-3,13-14H,1,4-12H2,(H,26,27). The van der Waals surface area contributed by atoms with Gasteiger partial charge in [0.15, 0.2) is 0 Å². The van der Waals surface area contributed by atoms with Crippen molar-refractivity contribution in [3.8, 4) is 5.75 Å². The van der Waals surface area contributed by atoms with E-state index in [0.29, 0.717) is 16.6 Å². The van der Waals surface area contributed by atoms with E-state index < -0.39 is 12.3 Å². The van der Waals surface area contributed by atoms with E-state index in [9.17, 15) is 18.0 Å². The van der Waals surface area contributed by atoms with Crippen LogP contribution in [0.5, 0.6) is 5.75 Å². The summed E-state index contributed by atoms with van der Waals surface area (Å²) < 4.78 is 41.5. The van der Waals surface area contributed by atoms with Crippen LogP contribution < -0.4 is 9.64 Å². The first kappa shape index (κ1) is 21.1. The van der Waals surface area contributed by atoms with Gasteiger partial charge >= 0.3 is 12.3 Å². The number of aliphatic carboxylic acids is 1. The number of carbonyl (C=O) groups is 1. The van der Waals surface area contributed by atoms with Gasteiger partial charge in [-0.2, -0.15) is 0 Å². The lowest BCUT2D eigenvalue weighted by molar-refractivity contribution is -0.274. The van der Waals surface area contributed by atoms with E-state index in [-0.39, 0.29) is 17.6 Å². The molecule has 1 saturated heterocycles. The Balaban J connectivity index is 1.57. The van der Waals surface area contributed by atoms with Crippen LogP contribution in [0.15, 0.2) is 18.2 Å². The van der Waals surface area contributed by atoms with Crippen LogP contribution in [0.25, 0.3) is 0 Å². The van der Waals surface area contributed by atoms with Gasteiger partial charge in [-0.05, 0) is 68.4 Å². The molecule has 2 fully saturated rings. The monoisotopic (exact) mass is 419 g/mol. The molecule has 156 valence electrons. The van der Waals surface area contributed by atoms with Gasteiger partial charge in [-0.3, -0.25) is 4.79 Å². The number of benzene rings is 1. The predicted octanol–water partition coefficient (Wildman–Crippen LogP) is 5.88. The number of anilines is 1. The molecule has 0 unspecified atom stereocenters. The normalized spacial score (nSPS) is 20.4. The minimum Gasteiger partial charge on any atom is -0.481 e. The van der Waals surface area contributed by atoms with Crippen LogP contribution >= 0.6 is 11.6 Å². The number of hydrogen-bond acceptors (Lipinski definition) is 3. The highest BCUT2D eigenvalue weighted by atomic mass is 35.5. The highest BCUT2D eigenvalue weighted by molar-refractivity contribution is 6.33. The molecule has 0 aromatic heterocycles. The summed E-state index contributed by atoms with van der Waals surface area (Å²) >= 11 is 6.23. The van der Waals surface area contributed by atoms with E-state index in [1.807, 2.05) is 4.90 Å². The first-order valence-electron chi connectivity index (χ1n) is 9.68. The lowest BCUT2D eigenvalue weighted by Gasteiger charge is -2.46. The molecule has 0 radical (unpaired) electrons. The van der Waals surface area contributed by atoms with Crippen LogP contribution in [0, 0.1) is 11.3 Å². The van der Waals surface area contributed by atoms with Crippen molar-refractivity contribution in [1.29, 1.82) is 0 Å². The zero-order valence-electron chi connectivity index (χ0n) is 15.6. The number of piperidine rings is 1. The van der Waals surface area contributed by atoms with Crippen molar-refractivity contribution in [2.24, 2.45) is 11.3 Å². The summed E-state index contributed by atoms with van der Waals surface area (Å²) in [5, 5.41) is 9.26. The number of carboxylic acid groups (broad SMARTS) is 1. The van der Waals surface area contributed by atoms with Crippen molar-refractivity contribution in [2.75, 3.05) is 18.0 Å². The molecule has 1 saturated carbocycles. The van der Waals surface area contributed by atoms with Crippen LogP contribution in [0.3, 0.4) is 0 Å². The van der Waals surface area contributed by atoms with Gasteiger partial charge in [0.05, 0.1) is 10.7 Å². The van der Waals surface area contributed by atoms with E-state index in [1.165, 1.54) is 18.2 Å². The minimum absolute atomic E-state index is 0.236. The Labute approximate surface area is 167 Å². The molecule has 1 aromatic carbocycles. The molecule has 28 heavy (non-hydrogen) atoms. The first-order valence-corrected chi connectivity index (χ1v) is 10.1. The van der Waals surface area contributed by atoms with Gasteiger partial charge in [-0.15, -0.1) is 13.2 Å². The molecule has 3 rings (SSSR count). The smallest absolute Gasteiger partial charge is 0.481 e. The molecule has 1 N–H and O–H groups in total. The Kier molecular flexibility index (Phi) is 6.32. The van der Waals surface area contributed by atoms with Gasteiger partial charge in [0.2, 0.25) is 0 Å². The third-order valence-corrected chi connectivity index (χ3v) is 6.57. The number of nitrogens with zero attached hydrogens (tertiary/aromatic N) is 1. The molecule has 2 aliphatic rings. The Hall–Kier alpha value is -1.63. The Morgan fingerprint density at radius 3 is 2.43 bits per heavy atom. The van der Waals surface area contributed by atoms with Crippen molar-refractivity contribution < 1.29 is 27.8 Å². The van der Waals surface area contributed by atoms with Gasteiger partial charge in [-0.25, -0.2) is 0 Å². The number of carboxylic acids is 1. The van der Waals surface area contributed by atoms with Gasteiger partial charge in [0.25, 0.3) is 0 Å². The van der Waals surface area contributed by atoms with Crippen LogP contribution in [0.1, 0.15) is 51.4 Å². The highest BCUT2D eigenvalue weighted by Crippen LogP contribution is 2.48. The fraction of sp³-hybridized carbons (Fsp3) is 0.650. The average Bonchev–Trinajstić information content (AvgIpc) is 2.63. The second kappa shape index (κ2) is 8.39. The summed E-state index contributed by atoms with van der Waals surface area (Å²) in [6.45, 7) is 1.49. The number of halogens is 4. The van der Waals surface area contributed by atoms with E-state index in [1.54, 1.807) is 0 Å². The zero-order chi connectivity index (χ0) is 20.4. The molecule has 1 aliphatic carbocycles. The topological polar surface area (TPSA) is 49.8 Å². The Bertz CT molecular complexity index is 692. The molecule has 1 aliphatic heterocycles. The predicted molar refractivity (Wildman–Crippen MR) is 101 cm³/mol. The maximum absolute atomic E-state index is 12.5. The summed E-state index contributed by atoms with van der Waals surface area (Å²) in [4.78, 5) is 12.8. The van der Waals surface area contributed by atoms with Gasteiger partial charge < -0.3 is 14.7 Å². The molecule has 0 bridgehead atoms. The second-order valence-corrected chi connectivity index (χ2v) is 8.43. The highest BCUT2D eigenvalue weighted by Gasteiger charge is 2.38. The Morgan fingerprint density at radius 2 is 1.86 bits per heavy atom. The summed E-state index contributed by atoms with van der Waals surface area (Å²) in [5.41, 5.74) is 0.844. The third kappa shape index (κ3) is 5.46. The summed E-state index contributed by atoms with van der Waals surface area (Å²) in [5.74, 6) is -0.501. The van der Waals surface area contributed by atoms with Crippen molar-refractivity contribution in [3.05, 3.63) is 23.2 Å². The number of ether oxygens (including phenoxy) is 1. The number of alkyl halides is 3. The van der Waals surface area contributed by atoms with Crippen LogP contribution in [-0.2, 0) is 4.79 Å². The van der Waals surface area contributed by atoms with Crippen molar-refractivity contribution >= 4 is 23.3 Å². The van der Waals surface area contributed by atoms with E-state index in [0.717, 1.165) is 58.0 Å². The summed E-state index contributed by atoms with van der Waals surface area (Å²) in [6.07, 6.45) is 2.51. The molecule has 0 atom stereocenters. The summed E-state index contributed by atoms with van der Waals surface area (Å²) in [6, 6.07) is 4.02. The maximum Gasteiger partial charge on any atom is 0.573 e.